The number of hydrogen-bond donors (Lipinski definition) is 1. The van der Waals surface area contributed by atoms with Crippen molar-refractivity contribution in [3.05, 3.63) is 64.5 Å². The molecule has 2 aromatic carbocycles. The van der Waals surface area contributed by atoms with E-state index >= 15 is 0 Å². The van der Waals surface area contributed by atoms with Crippen LogP contribution in [0.1, 0.15) is 10.4 Å². The van der Waals surface area contributed by atoms with Gasteiger partial charge < -0.3 is 4.74 Å². The average Bonchev–Trinajstić information content (AvgIpc) is 3.23. The zero-order valence-electron chi connectivity index (χ0n) is 15.7. The lowest BCUT2D eigenvalue weighted by molar-refractivity contribution is 0.0730. The van der Waals surface area contributed by atoms with E-state index in [4.69, 9.17) is 16.3 Å². The van der Waals surface area contributed by atoms with Gasteiger partial charge in [-0.1, -0.05) is 41.9 Å². The van der Waals surface area contributed by atoms with Crippen LogP contribution in [0.3, 0.4) is 0 Å². The number of amides is 1. The zero-order valence-corrected chi connectivity index (χ0v) is 18.1. The van der Waals surface area contributed by atoms with Crippen molar-refractivity contribution in [1.29, 1.82) is 0 Å². The predicted octanol–water partition coefficient (Wildman–Crippen LogP) is 3.74. The molecule has 1 aromatic heterocycles. The van der Waals surface area contributed by atoms with Crippen molar-refractivity contribution in [2.45, 2.75) is 4.90 Å². The number of sulfonamides is 1. The number of rotatable bonds is 5. The quantitative estimate of drug-likeness (QED) is 0.622. The first-order valence-corrected chi connectivity index (χ1v) is 11.8. The van der Waals surface area contributed by atoms with Gasteiger partial charge in [0.1, 0.15) is 0 Å². The second-order valence-electron chi connectivity index (χ2n) is 6.52. The minimum atomic E-state index is -3.74. The third-order valence-corrected chi connectivity index (χ3v) is 7.57. The summed E-state index contributed by atoms with van der Waals surface area (Å²) in [6.45, 7) is 1.23. The van der Waals surface area contributed by atoms with E-state index < -0.39 is 15.9 Å². The first kappa shape index (κ1) is 21.0. The highest BCUT2D eigenvalue weighted by atomic mass is 35.5. The normalized spacial score (nSPS) is 15.1. The molecule has 0 saturated carbocycles. The van der Waals surface area contributed by atoms with Gasteiger partial charge >= 0.3 is 0 Å². The zero-order chi connectivity index (χ0) is 21.1. The van der Waals surface area contributed by atoms with E-state index in [0.29, 0.717) is 18.3 Å². The van der Waals surface area contributed by atoms with Gasteiger partial charge in [-0.2, -0.15) is 4.31 Å². The van der Waals surface area contributed by atoms with E-state index in [1.165, 1.54) is 33.8 Å². The number of nitrogens with zero attached hydrogens (tertiary/aromatic N) is 2. The molecule has 1 aliphatic heterocycles. The number of halogens is 1. The molecule has 0 aliphatic carbocycles. The maximum Gasteiger partial charge on any atom is 0.259 e. The summed E-state index contributed by atoms with van der Waals surface area (Å²) in [5, 5.41) is 5.10. The average molecular weight is 464 g/mol. The number of morpholine rings is 1. The van der Waals surface area contributed by atoms with Gasteiger partial charge in [0.2, 0.25) is 10.0 Å². The molecule has 1 saturated heterocycles. The van der Waals surface area contributed by atoms with E-state index in [1.54, 1.807) is 0 Å². The molecule has 0 spiro atoms. The van der Waals surface area contributed by atoms with Crippen molar-refractivity contribution in [2.24, 2.45) is 0 Å². The van der Waals surface area contributed by atoms with E-state index in [9.17, 15) is 13.2 Å². The Morgan fingerprint density at radius 2 is 1.87 bits per heavy atom. The Balaban J connectivity index is 1.56. The number of carbonyl (C=O) groups excluding carboxylic acids is 1. The number of thiazole rings is 1. The Morgan fingerprint density at radius 3 is 2.60 bits per heavy atom. The molecule has 0 bridgehead atoms. The fourth-order valence-electron chi connectivity index (χ4n) is 3.01. The fraction of sp³-hybridized carbons (Fsp3) is 0.200. The van der Waals surface area contributed by atoms with E-state index in [-0.39, 0.29) is 28.6 Å². The van der Waals surface area contributed by atoms with Crippen LogP contribution in [-0.4, -0.2) is 49.9 Å². The van der Waals surface area contributed by atoms with Crippen LogP contribution in [0.15, 0.2) is 58.8 Å². The highest BCUT2D eigenvalue weighted by molar-refractivity contribution is 7.89. The highest BCUT2D eigenvalue weighted by Crippen LogP contribution is 2.27. The summed E-state index contributed by atoms with van der Waals surface area (Å²) < 4.78 is 32.3. The molecule has 7 nitrogen and oxygen atoms in total. The van der Waals surface area contributed by atoms with Crippen molar-refractivity contribution in [2.75, 3.05) is 31.6 Å². The number of hydrogen-bond acceptors (Lipinski definition) is 6. The molecule has 1 N–H and O–H groups in total. The molecule has 0 atom stereocenters. The summed E-state index contributed by atoms with van der Waals surface area (Å²) in [4.78, 5) is 17.2. The molecule has 156 valence electrons. The van der Waals surface area contributed by atoms with E-state index in [2.05, 4.69) is 10.3 Å². The third-order valence-electron chi connectivity index (χ3n) is 4.58. The monoisotopic (exact) mass is 463 g/mol. The first-order valence-electron chi connectivity index (χ1n) is 9.15. The van der Waals surface area contributed by atoms with Gasteiger partial charge in [0.15, 0.2) is 5.13 Å². The van der Waals surface area contributed by atoms with Crippen molar-refractivity contribution in [1.82, 2.24) is 9.29 Å². The summed E-state index contributed by atoms with van der Waals surface area (Å²) in [6.07, 6.45) is 0. The summed E-state index contributed by atoms with van der Waals surface area (Å²) in [5.41, 5.74) is 1.75. The smallest absolute Gasteiger partial charge is 0.259 e. The first-order chi connectivity index (χ1) is 14.4. The van der Waals surface area contributed by atoms with Crippen LogP contribution in [-0.2, 0) is 14.8 Å². The number of anilines is 1. The summed E-state index contributed by atoms with van der Waals surface area (Å²) >= 11 is 7.47. The van der Waals surface area contributed by atoms with Crippen LogP contribution in [0.4, 0.5) is 5.13 Å². The lowest BCUT2D eigenvalue weighted by Gasteiger charge is -2.26. The minimum absolute atomic E-state index is 0.0167. The van der Waals surface area contributed by atoms with Crippen LogP contribution in [0.25, 0.3) is 11.3 Å². The van der Waals surface area contributed by atoms with Crippen LogP contribution in [0.2, 0.25) is 5.02 Å². The van der Waals surface area contributed by atoms with Crippen LogP contribution in [0, 0.1) is 0 Å². The van der Waals surface area contributed by atoms with Crippen molar-refractivity contribution >= 4 is 44.0 Å². The molecule has 1 aliphatic rings. The maximum atomic E-state index is 12.9. The molecule has 1 fully saturated rings. The van der Waals surface area contributed by atoms with Gasteiger partial charge in [0, 0.05) is 24.0 Å². The van der Waals surface area contributed by atoms with Crippen LogP contribution in [0.5, 0.6) is 0 Å². The molecule has 3 aromatic rings. The Kier molecular flexibility index (Phi) is 6.16. The molecule has 10 heteroatoms. The summed E-state index contributed by atoms with van der Waals surface area (Å²) in [7, 11) is -3.74. The number of nitrogens with one attached hydrogen (secondary N) is 1. The molecule has 4 rings (SSSR count). The molecule has 2 heterocycles. The van der Waals surface area contributed by atoms with Crippen molar-refractivity contribution in [3.63, 3.8) is 0 Å². The molecular formula is C20H18ClN3O4S2. The van der Waals surface area contributed by atoms with Crippen molar-refractivity contribution < 1.29 is 17.9 Å². The Morgan fingerprint density at radius 1 is 1.13 bits per heavy atom. The number of ether oxygens (including phenoxy) is 1. The number of carbonyl (C=O) groups is 1. The SMILES string of the molecule is O=C(Nc1nc(-c2ccccc2)cs1)c1cc(S(=O)(=O)N2CCOCC2)ccc1Cl. The fourth-order valence-corrected chi connectivity index (χ4v) is 5.36. The molecule has 0 unspecified atom stereocenters. The van der Waals surface area contributed by atoms with Crippen LogP contribution < -0.4 is 5.32 Å². The molecule has 1 amide bonds. The second-order valence-corrected chi connectivity index (χ2v) is 9.72. The topological polar surface area (TPSA) is 88.6 Å². The number of benzene rings is 2. The molecule has 30 heavy (non-hydrogen) atoms. The Bertz CT molecular complexity index is 1160. The van der Waals surface area contributed by atoms with Gasteiger partial charge in [-0.05, 0) is 18.2 Å². The van der Waals surface area contributed by atoms with Gasteiger partial charge in [-0.15, -0.1) is 11.3 Å². The van der Waals surface area contributed by atoms with Gasteiger partial charge in [-0.25, -0.2) is 13.4 Å². The lowest BCUT2D eigenvalue weighted by Crippen LogP contribution is -2.40. The Labute approximate surface area is 183 Å². The minimum Gasteiger partial charge on any atom is -0.379 e. The summed E-state index contributed by atoms with van der Waals surface area (Å²) in [6, 6.07) is 13.7. The van der Waals surface area contributed by atoms with E-state index in [0.717, 1.165) is 11.3 Å². The maximum absolute atomic E-state index is 12.9. The highest BCUT2D eigenvalue weighted by Gasteiger charge is 2.27. The predicted molar refractivity (Wildman–Crippen MR) is 117 cm³/mol. The van der Waals surface area contributed by atoms with Gasteiger partial charge in [0.05, 0.1) is 34.4 Å². The molecule has 0 radical (unpaired) electrons. The standard InChI is InChI=1S/C20H18ClN3O4S2/c21-17-7-6-15(30(26,27)24-8-10-28-11-9-24)12-16(17)19(25)23-20-22-18(13-29-20)14-4-2-1-3-5-14/h1-7,12-13H,8-11H2,(H,22,23,25). The third kappa shape index (κ3) is 4.40. The van der Waals surface area contributed by atoms with Crippen LogP contribution >= 0.6 is 22.9 Å². The second kappa shape index (κ2) is 8.83. The lowest BCUT2D eigenvalue weighted by atomic mass is 10.2. The van der Waals surface area contributed by atoms with Gasteiger partial charge in [-0.3, -0.25) is 10.1 Å². The number of aromatic nitrogens is 1. The van der Waals surface area contributed by atoms with E-state index in [1.807, 2.05) is 35.7 Å². The van der Waals surface area contributed by atoms with Crippen molar-refractivity contribution in [3.8, 4) is 11.3 Å². The van der Waals surface area contributed by atoms with Gasteiger partial charge in [0.25, 0.3) is 5.91 Å². The molecular weight excluding hydrogens is 446 g/mol. The summed E-state index contributed by atoms with van der Waals surface area (Å²) in [5.74, 6) is -0.520. The largest absolute Gasteiger partial charge is 0.379 e. The Hall–Kier alpha value is -2.30.